The van der Waals surface area contributed by atoms with Crippen LogP contribution in [0.1, 0.15) is 5.69 Å². The van der Waals surface area contributed by atoms with Crippen LogP contribution in [0.25, 0.3) is 0 Å². The number of benzene rings is 1. The number of nitrogens with zero attached hydrogens (tertiary/aromatic N) is 3. The summed E-state index contributed by atoms with van der Waals surface area (Å²) in [6.45, 7) is 2.15. The van der Waals surface area contributed by atoms with Gasteiger partial charge in [0.1, 0.15) is 0 Å². The van der Waals surface area contributed by atoms with Crippen LogP contribution >= 0.6 is 11.6 Å². The van der Waals surface area contributed by atoms with Crippen LogP contribution in [0, 0.1) is 6.92 Å². The predicted molar refractivity (Wildman–Crippen MR) is 79.2 cm³/mol. The first kappa shape index (κ1) is 14.1. The first-order valence-electron chi connectivity index (χ1n) is 6.26. The Labute approximate surface area is 126 Å². The number of fused-ring (bicyclic) bond motifs is 1. The van der Waals surface area contributed by atoms with Crippen molar-refractivity contribution in [2.24, 2.45) is 0 Å². The van der Waals surface area contributed by atoms with E-state index >= 15 is 0 Å². The van der Waals surface area contributed by atoms with Crippen molar-refractivity contribution in [3.8, 4) is 0 Å². The molecule has 6 nitrogen and oxygen atoms in total. The monoisotopic (exact) mass is 325 g/mol. The summed E-state index contributed by atoms with van der Waals surface area (Å²) in [5.41, 5.74) is 0.246. The van der Waals surface area contributed by atoms with Crippen LogP contribution in [0.4, 0.5) is 5.95 Å². The van der Waals surface area contributed by atoms with E-state index in [-0.39, 0.29) is 22.9 Å². The molecule has 0 saturated heterocycles. The van der Waals surface area contributed by atoms with E-state index in [1.165, 1.54) is 34.9 Å². The molecule has 0 bridgehead atoms. The average Bonchev–Trinajstić information content (AvgIpc) is 2.83. The Hall–Kier alpha value is -1.86. The summed E-state index contributed by atoms with van der Waals surface area (Å²) in [6, 6.07) is 7.30. The molecule has 0 N–H and O–H groups in total. The zero-order valence-corrected chi connectivity index (χ0v) is 12.7. The van der Waals surface area contributed by atoms with E-state index in [0.717, 1.165) is 4.31 Å². The number of anilines is 1. The van der Waals surface area contributed by atoms with Gasteiger partial charge in [-0.15, -0.1) is 0 Å². The van der Waals surface area contributed by atoms with E-state index in [1.807, 2.05) is 0 Å². The molecule has 110 valence electrons. The Kier molecular flexibility index (Phi) is 3.26. The van der Waals surface area contributed by atoms with Crippen LogP contribution in [0.3, 0.4) is 0 Å². The highest BCUT2D eigenvalue weighted by atomic mass is 35.5. The van der Waals surface area contributed by atoms with Crippen molar-refractivity contribution in [2.45, 2.75) is 18.4 Å². The lowest BCUT2D eigenvalue weighted by Crippen LogP contribution is -2.30. The van der Waals surface area contributed by atoms with E-state index in [0.29, 0.717) is 17.3 Å². The third-order valence-electron chi connectivity index (χ3n) is 3.27. The van der Waals surface area contributed by atoms with E-state index < -0.39 is 10.0 Å². The molecule has 0 aliphatic carbocycles. The fraction of sp³-hybridized carbons (Fsp3) is 0.231. The lowest BCUT2D eigenvalue weighted by Gasteiger charge is -2.17. The van der Waals surface area contributed by atoms with Crippen molar-refractivity contribution in [1.29, 1.82) is 0 Å². The van der Waals surface area contributed by atoms with Gasteiger partial charge in [-0.1, -0.05) is 11.6 Å². The van der Waals surface area contributed by atoms with Gasteiger partial charge in [-0.25, -0.2) is 17.7 Å². The van der Waals surface area contributed by atoms with Crippen LogP contribution in [-0.4, -0.2) is 24.5 Å². The molecule has 2 aromatic rings. The number of hydrogen-bond donors (Lipinski definition) is 0. The average molecular weight is 326 g/mol. The number of aryl methyl sites for hydroxylation is 1. The number of halogens is 1. The van der Waals surface area contributed by atoms with Crippen molar-refractivity contribution >= 4 is 27.6 Å². The summed E-state index contributed by atoms with van der Waals surface area (Å²) >= 11 is 5.78. The summed E-state index contributed by atoms with van der Waals surface area (Å²) in [7, 11) is -3.75. The molecule has 0 atom stereocenters. The molecule has 1 aliphatic rings. The van der Waals surface area contributed by atoms with Crippen LogP contribution in [0.5, 0.6) is 0 Å². The van der Waals surface area contributed by atoms with Gasteiger partial charge in [0.25, 0.3) is 15.6 Å². The molecule has 0 spiro atoms. The van der Waals surface area contributed by atoms with Crippen LogP contribution in [0.2, 0.25) is 5.02 Å². The SMILES string of the molecule is Cc1cc(=O)n2c(n1)N(S(=O)(=O)c1ccc(Cl)cc1)CC2. The second kappa shape index (κ2) is 4.85. The van der Waals surface area contributed by atoms with Gasteiger partial charge in [0, 0.05) is 23.3 Å². The topological polar surface area (TPSA) is 72.3 Å². The Balaban J connectivity index is 2.12. The zero-order chi connectivity index (χ0) is 15.2. The summed E-state index contributed by atoms with van der Waals surface area (Å²) in [6.07, 6.45) is 0. The maximum atomic E-state index is 12.7. The molecule has 2 heterocycles. The van der Waals surface area contributed by atoms with Gasteiger partial charge >= 0.3 is 0 Å². The quantitative estimate of drug-likeness (QED) is 0.837. The molecule has 1 aliphatic heterocycles. The fourth-order valence-corrected chi connectivity index (χ4v) is 3.80. The van der Waals surface area contributed by atoms with Crippen molar-refractivity contribution in [1.82, 2.24) is 9.55 Å². The third-order valence-corrected chi connectivity index (χ3v) is 5.31. The third kappa shape index (κ3) is 2.32. The molecule has 8 heteroatoms. The van der Waals surface area contributed by atoms with Gasteiger partial charge in [-0.05, 0) is 31.2 Å². The van der Waals surface area contributed by atoms with Crippen molar-refractivity contribution in [3.05, 3.63) is 51.4 Å². The highest BCUT2D eigenvalue weighted by molar-refractivity contribution is 7.92. The van der Waals surface area contributed by atoms with Gasteiger partial charge in [0.05, 0.1) is 11.4 Å². The highest BCUT2D eigenvalue weighted by Crippen LogP contribution is 2.26. The molecule has 0 fully saturated rings. The molecule has 3 rings (SSSR count). The minimum Gasteiger partial charge on any atom is -0.276 e. The molecule has 1 aromatic carbocycles. The fourth-order valence-electron chi connectivity index (χ4n) is 2.26. The summed E-state index contributed by atoms with van der Waals surface area (Å²) in [5.74, 6) is 0.162. The molecule has 0 radical (unpaired) electrons. The van der Waals surface area contributed by atoms with Crippen molar-refractivity contribution < 1.29 is 8.42 Å². The first-order chi connectivity index (χ1) is 9.89. The molecule has 21 heavy (non-hydrogen) atoms. The van der Waals surface area contributed by atoms with Crippen LogP contribution < -0.4 is 9.86 Å². The maximum absolute atomic E-state index is 12.7. The molecular formula is C13H12ClN3O3S. The smallest absolute Gasteiger partial charge is 0.266 e. The Bertz CT molecular complexity index is 859. The minimum absolute atomic E-state index is 0.121. The first-order valence-corrected chi connectivity index (χ1v) is 8.08. The predicted octanol–water partition coefficient (Wildman–Crippen LogP) is 1.41. The normalized spacial score (nSPS) is 14.3. The Morgan fingerprint density at radius 3 is 2.52 bits per heavy atom. The van der Waals surface area contributed by atoms with E-state index in [1.54, 1.807) is 6.92 Å². The maximum Gasteiger partial charge on any atom is 0.266 e. The second-order valence-electron chi connectivity index (χ2n) is 4.72. The number of aromatic nitrogens is 2. The van der Waals surface area contributed by atoms with Gasteiger partial charge in [0.15, 0.2) is 0 Å². The standard InChI is InChI=1S/C13H12ClN3O3S/c1-9-8-12(18)16-6-7-17(13(16)15-9)21(19,20)11-4-2-10(14)3-5-11/h2-5,8H,6-7H2,1H3. The van der Waals surface area contributed by atoms with Gasteiger partial charge in [0.2, 0.25) is 5.95 Å². The van der Waals surface area contributed by atoms with Gasteiger partial charge in [-0.2, -0.15) is 0 Å². The van der Waals surface area contributed by atoms with Gasteiger partial charge in [-0.3, -0.25) is 9.36 Å². The minimum atomic E-state index is -3.75. The van der Waals surface area contributed by atoms with Crippen molar-refractivity contribution in [2.75, 3.05) is 10.8 Å². The highest BCUT2D eigenvalue weighted by Gasteiger charge is 2.32. The van der Waals surface area contributed by atoms with E-state index in [4.69, 9.17) is 11.6 Å². The summed E-state index contributed by atoms with van der Waals surface area (Å²) < 4.78 is 27.8. The molecule has 0 amide bonds. The second-order valence-corrected chi connectivity index (χ2v) is 7.02. The van der Waals surface area contributed by atoms with E-state index in [2.05, 4.69) is 4.98 Å². The lowest BCUT2D eigenvalue weighted by atomic mass is 10.4. The zero-order valence-electron chi connectivity index (χ0n) is 11.2. The van der Waals surface area contributed by atoms with Crippen LogP contribution in [-0.2, 0) is 16.6 Å². The molecular weight excluding hydrogens is 314 g/mol. The summed E-state index contributed by atoms with van der Waals surface area (Å²) in [4.78, 5) is 16.2. The number of hydrogen-bond acceptors (Lipinski definition) is 4. The van der Waals surface area contributed by atoms with Crippen molar-refractivity contribution in [3.63, 3.8) is 0 Å². The Morgan fingerprint density at radius 1 is 1.19 bits per heavy atom. The lowest BCUT2D eigenvalue weighted by molar-refractivity contribution is 0.592. The molecule has 0 saturated carbocycles. The molecule has 1 aromatic heterocycles. The summed E-state index contributed by atoms with van der Waals surface area (Å²) in [5, 5.41) is 0.459. The van der Waals surface area contributed by atoms with E-state index in [9.17, 15) is 13.2 Å². The number of sulfonamides is 1. The Morgan fingerprint density at radius 2 is 1.86 bits per heavy atom. The number of rotatable bonds is 2. The van der Waals surface area contributed by atoms with Gasteiger partial charge < -0.3 is 0 Å². The molecule has 0 unspecified atom stereocenters. The largest absolute Gasteiger partial charge is 0.276 e. The van der Waals surface area contributed by atoms with Crippen LogP contribution in [0.15, 0.2) is 40.0 Å².